The lowest BCUT2D eigenvalue weighted by Crippen LogP contribution is -2.55. The van der Waals surface area contributed by atoms with Crippen molar-refractivity contribution in [1.29, 1.82) is 0 Å². The Hall–Kier alpha value is -4.48. The molecular formula is C25H22FN5O6. The Labute approximate surface area is 209 Å². The lowest BCUT2D eigenvalue weighted by molar-refractivity contribution is -0.125. The molecule has 11 nitrogen and oxygen atoms in total. The molecule has 5 heterocycles. The average Bonchev–Trinajstić information content (AvgIpc) is 3.57. The number of fused-ring (bicyclic) bond motifs is 2. The van der Waals surface area contributed by atoms with Crippen LogP contribution < -0.4 is 20.3 Å². The van der Waals surface area contributed by atoms with E-state index >= 15 is 4.39 Å². The molecule has 12 heteroatoms. The number of hydrogen-bond donors (Lipinski definition) is 2. The van der Waals surface area contributed by atoms with Crippen LogP contribution in [-0.2, 0) is 21.5 Å². The second-order valence-corrected chi connectivity index (χ2v) is 9.22. The summed E-state index contributed by atoms with van der Waals surface area (Å²) in [6.45, 7) is 0.462. The maximum atomic E-state index is 15.0. The molecule has 2 aromatic heterocycles. The number of amides is 5. The highest BCUT2D eigenvalue weighted by molar-refractivity contribution is 6.08. The number of rotatable bonds is 5. The van der Waals surface area contributed by atoms with E-state index in [2.05, 4.69) is 15.6 Å². The topological polar surface area (TPSA) is 134 Å². The van der Waals surface area contributed by atoms with Gasteiger partial charge in [-0.25, -0.2) is 14.2 Å². The summed E-state index contributed by atoms with van der Waals surface area (Å²) in [5, 5.41) is 4.81. The molecule has 0 bridgehead atoms. The highest BCUT2D eigenvalue weighted by atomic mass is 19.1. The summed E-state index contributed by atoms with van der Waals surface area (Å²) < 4.78 is 26.0. The largest absolute Gasteiger partial charge is 0.494 e. The summed E-state index contributed by atoms with van der Waals surface area (Å²) >= 11 is 0. The van der Waals surface area contributed by atoms with Gasteiger partial charge in [-0.2, -0.15) is 0 Å². The van der Waals surface area contributed by atoms with Gasteiger partial charge in [0, 0.05) is 25.6 Å². The normalized spacial score (nSPS) is 21.5. The minimum Gasteiger partial charge on any atom is -0.494 e. The van der Waals surface area contributed by atoms with E-state index in [0.717, 1.165) is 6.42 Å². The smallest absolute Gasteiger partial charge is 0.322 e. The maximum Gasteiger partial charge on any atom is 0.322 e. The highest BCUT2D eigenvalue weighted by Crippen LogP contribution is 2.35. The molecule has 0 radical (unpaired) electrons. The van der Waals surface area contributed by atoms with E-state index in [0.29, 0.717) is 41.9 Å². The van der Waals surface area contributed by atoms with Crippen molar-refractivity contribution in [1.82, 2.24) is 20.5 Å². The molecule has 3 aliphatic heterocycles. The minimum absolute atomic E-state index is 0.0257. The molecule has 0 aliphatic carbocycles. The van der Waals surface area contributed by atoms with Crippen molar-refractivity contribution in [3.05, 3.63) is 53.0 Å². The summed E-state index contributed by atoms with van der Waals surface area (Å²) in [6.07, 6.45) is 1.54. The highest BCUT2D eigenvalue weighted by Gasteiger charge is 2.53. The SMILES string of the molecule is COc1ccc2c(c1F)C(=O)N(CC1(c3cc4nc(N5CCCC5=O)ccc4o3)NC(=O)NC1=O)CC2. The van der Waals surface area contributed by atoms with Crippen molar-refractivity contribution < 1.29 is 32.7 Å². The monoisotopic (exact) mass is 507 g/mol. The van der Waals surface area contributed by atoms with E-state index in [9.17, 15) is 19.2 Å². The number of nitrogens with one attached hydrogen (secondary N) is 2. The lowest BCUT2D eigenvalue weighted by atomic mass is 9.92. The fourth-order valence-electron chi connectivity index (χ4n) is 5.16. The number of carbonyl (C=O) groups excluding carboxylic acids is 4. The zero-order valence-corrected chi connectivity index (χ0v) is 19.8. The zero-order chi connectivity index (χ0) is 25.9. The summed E-state index contributed by atoms with van der Waals surface area (Å²) in [6, 6.07) is 7.16. The van der Waals surface area contributed by atoms with Crippen LogP contribution in [-0.4, -0.2) is 60.4 Å². The van der Waals surface area contributed by atoms with Gasteiger partial charge in [0.2, 0.25) is 5.91 Å². The number of furan rings is 1. The van der Waals surface area contributed by atoms with E-state index in [1.165, 1.54) is 24.1 Å². The number of halogens is 1. The van der Waals surface area contributed by atoms with E-state index < -0.39 is 29.2 Å². The van der Waals surface area contributed by atoms with Crippen molar-refractivity contribution in [2.24, 2.45) is 0 Å². The van der Waals surface area contributed by atoms with E-state index in [4.69, 9.17) is 9.15 Å². The molecule has 37 heavy (non-hydrogen) atoms. The van der Waals surface area contributed by atoms with Gasteiger partial charge >= 0.3 is 6.03 Å². The third-order valence-electron chi connectivity index (χ3n) is 7.06. The molecule has 6 rings (SSSR count). The van der Waals surface area contributed by atoms with E-state index in [1.807, 2.05) is 0 Å². The number of benzene rings is 1. The number of carbonyl (C=O) groups is 4. The number of nitrogens with zero attached hydrogens (tertiary/aromatic N) is 3. The van der Waals surface area contributed by atoms with Crippen LogP contribution in [0, 0.1) is 5.82 Å². The van der Waals surface area contributed by atoms with Crippen molar-refractivity contribution in [3.8, 4) is 5.75 Å². The van der Waals surface area contributed by atoms with Crippen LogP contribution >= 0.6 is 0 Å². The van der Waals surface area contributed by atoms with Crippen LogP contribution in [0.25, 0.3) is 11.1 Å². The maximum absolute atomic E-state index is 15.0. The van der Waals surface area contributed by atoms with Gasteiger partial charge in [0.1, 0.15) is 17.1 Å². The van der Waals surface area contributed by atoms with Crippen molar-refractivity contribution >= 4 is 40.7 Å². The van der Waals surface area contributed by atoms with Gasteiger partial charge in [0.25, 0.3) is 11.8 Å². The lowest BCUT2D eigenvalue weighted by Gasteiger charge is -2.34. The van der Waals surface area contributed by atoms with Crippen LogP contribution in [0.15, 0.2) is 34.7 Å². The zero-order valence-electron chi connectivity index (χ0n) is 19.8. The predicted molar refractivity (Wildman–Crippen MR) is 127 cm³/mol. The van der Waals surface area contributed by atoms with Gasteiger partial charge in [-0.15, -0.1) is 0 Å². The van der Waals surface area contributed by atoms with Crippen molar-refractivity contribution in [2.75, 3.05) is 31.6 Å². The van der Waals surface area contributed by atoms with Crippen molar-refractivity contribution in [2.45, 2.75) is 24.8 Å². The van der Waals surface area contributed by atoms with Gasteiger partial charge in [0.15, 0.2) is 22.7 Å². The Kier molecular flexibility index (Phi) is 5.14. The van der Waals surface area contributed by atoms with Crippen LogP contribution in [0.1, 0.15) is 34.5 Å². The number of ether oxygens (including phenoxy) is 1. The number of methoxy groups -OCH3 is 1. The number of pyridine rings is 1. The molecule has 2 fully saturated rings. The molecule has 2 saturated heterocycles. The molecule has 2 N–H and O–H groups in total. The molecule has 3 aromatic rings. The Morgan fingerprint density at radius 1 is 1.14 bits per heavy atom. The Bertz CT molecular complexity index is 1500. The summed E-state index contributed by atoms with van der Waals surface area (Å²) in [5.41, 5.74) is -0.636. The summed E-state index contributed by atoms with van der Waals surface area (Å²) in [4.78, 5) is 58.3. The molecule has 190 valence electrons. The van der Waals surface area contributed by atoms with Gasteiger partial charge in [0.05, 0.1) is 19.2 Å². The second-order valence-electron chi connectivity index (χ2n) is 9.22. The van der Waals surface area contributed by atoms with Gasteiger partial charge in [-0.3, -0.25) is 24.6 Å². The first-order chi connectivity index (χ1) is 17.8. The van der Waals surface area contributed by atoms with Crippen LogP contribution in [0.4, 0.5) is 15.0 Å². The average molecular weight is 507 g/mol. The quantitative estimate of drug-likeness (QED) is 0.503. The van der Waals surface area contributed by atoms with Gasteiger partial charge in [-0.05, 0) is 36.6 Å². The van der Waals surface area contributed by atoms with Crippen LogP contribution in [0.2, 0.25) is 0 Å². The van der Waals surface area contributed by atoms with Gasteiger partial charge < -0.3 is 19.4 Å². The second kappa shape index (κ2) is 8.29. The molecule has 5 amide bonds. The number of urea groups is 1. The Balaban J connectivity index is 1.38. The van der Waals surface area contributed by atoms with E-state index in [-0.39, 0.29) is 36.1 Å². The Morgan fingerprint density at radius 2 is 1.97 bits per heavy atom. The number of hydrogen-bond acceptors (Lipinski definition) is 7. The molecule has 1 unspecified atom stereocenters. The molecule has 0 spiro atoms. The fourth-order valence-corrected chi connectivity index (χ4v) is 5.16. The number of anilines is 1. The molecule has 1 aromatic carbocycles. The Morgan fingerprint density at radius 3 is 2.68 bits per heavy atom. The first-order valence-electron chi connectivity index (χ1n) is 11.8. The summed E-state index contributed by atoms with van der Waals surface area (Å²) in [5.74, 6) is -1.68. The molecule has 3 aliphatic rings. The fraction of sp³-hybridized carbons (Fsp3) is 0.320. The van der Waals surface area contributed by atoms with E-state index in [1.54, 1.807) is 23.1 Å². The molecular weight excluding hydrogens is 485 g/mol. The summed E-state index contributed by atoms with van der Waals surface area (Å²) in [7, 11) is 1.31. The standard InChI is InChI=1S/C25H22FN5O6/c1-36-16-5-4-13-8-10-30(22(33)20(13)21(16)26)12-25(23(34)28-24(35)29-25)17-11-14-15(37-17)6-7-18(27-14)31-9-2-3-19(31)32/h4-7,11H,2-3,8-10,12H2,1H3,(H2,28,29,34,35). The molecule has 0 saturated carbocycles. The number of aromatic nitrogens is 1. The van der Waals surface area contributed by atoms with Crippen LogP contribution in [0.5, 0.6) is 5.75 Å². The predicted octanol–water partition coefficient (Wildman–Crippen LogP) is 1.84. The third kappa shape index (κ3) is 3.51. The van der Waals surface area contributed by atoms with Crippen molar-refractivity contribution in [3.63, 3.8) is 0 Å². The minimum atomic E-state index is -1.76. The first kappa shape index (κ1) is 23.0. The van der Waals surface area contributed by atoms with Crippen LogP contribution in [0.3, 0.4) is 0 Å². The third-order valence-corrected chi connectivity index (χ3v) is 7.06. The molecule has 1 atom stereocenters. The van der Waals surface area contributed by atoms with Gasteiger partial charge in [-0.1, -0.05) is 6.07 Å². The first-order valence-corrected chi connectivity index (χ1v) is 11.8. The number of imide groups is 1.